The van der Waals surface area contributed by atoms with Crippen LogP contribution in [0.3, 0.4) is 0 Å². The molecule has 0 bridgehead atoms. The highest BCUT2D eigenvalue weighted by atomic mass is 16.5. The number of nitrogen functional groups attached to an aromatic ring is 1. The van der Waals surface area contributed by atoms with E-state index in [0.717, 1.165) is 42.1 Å². The molecule has 0 radical (unpaired) electrons. The zero-order valence-corrected chi connectivity index (χ0v) is 11.1. The molecule has 0 heterocycles. The number of anilines is 1. The normalized spacial score (nSPS) is 10.6. The first-order chi connectivity index (χ1) is 8.08. The van der Waals surface area contributed by atoms with Crippen LogP contribution in [-0.2, 0) is 6.42 Å². The quantitative estimate of drug-likeness (QED) is 0.767. The number of ether oxygens (including phenoxy) is 2. The molecular formula is C13H22N2O2. The van der Waals surface area contributed by atoms with Crippen LogP contribution >= 0.6 is 0 Å². The third-order valence-corrected chi connectivity index (χ3v) is 2.70. The van der Waals surface area contributed by atoms with Crippen LogP contribution in [-0.4, -0.2) is 39.8 Å². The fourth-order valence-corrected chi connectivity index (χ4v) is 1.78. The summed E-state index contributed by atoms with van der Waals surface area (Å²) < 4.78 is 10.5. The lowest BCUT2D eigenvalue weighted by atomic mass is 10.1. The van der Waals surface area contributed by atoms with E-state index in [0.29, 0.717) is 0 Å². The minimum absolute atomic E-state index is 0.732. The Hall–Kier alpha value is -1.42. The molecule has 2 N–H and O–H groups in total. The third kappa shape index (κ3) is 3.82. The second-order valence-electron chi connectivity index (χ2n) is 4.30. The molecule has 0 saturated carbocycles. The molecule has 0 aliphatic carbocycles. The highest BCUT2D eigenvalue weighted by Gasteiger charge is 2.10. The summed E-state index contributed by atoms with van der Waals surface area (Å²) in [6, 6.07) is 3.72. The molecule has 0 spiro atoms. The molecular weight excluding hydrogens is 216 g/mol. The molecule has 1 aromatic rings. The van der Waals surface area contributed by atoms with Gasteiger partial charge < -0.3 is 20.1 Å². The maximum absolute atomic E-state index is 6.02. The molecule has 1 aromatic carbocycles. The van der Waals surface area contributed by atoms with Gasteiger partial charge in [0.05, 0.1) is 14.2 Å². The summed E-state index contributed by atoms with van der Waals surface area (Å²) in [5.41, 5.74) is 7.82. The van der Waals surface area contributed by atoms with Crippen LogP contribution < -0.4 is 15.2 Å². The second-order valence-corrected chi connectivity index (χ2v) is 4.30. The first-order valence-electron chi connectivity index (χ1n) is 5.73. The Bertz CT molecular complexity index is 365. The number of benzene rings is 1. The van der Waals surface area contributed by atoms with Crippen LogP contribution in [0.5, 0.6) is 11.5 Å². The van der Waals surface area contributed by atoms with E-state index in [9.17, 15) is 0 Å². The predicted molar refractivity (Wildman–Crippen MR) is 70.8 cm³/mol. The number of hydrogen-bond acceptors (Lipinski definition) is 4. The van der Waals surface area contributed by atoms with Crippen LogP contribution in [0.4, 0.5) is 5.69 Å². The molecule has 0 amide bonds. The van der Waals surface area contributed by atoms with Crippen LogP contribution in [0, 0.1) is 0 Å². The van der Waals surface area contributed by atoms with E-state index in [1.54, 1.807) is 14.2 Å². The van der Waals surface area contributed by atoms with Gasteiger partial charge in [-0.15, -0.1) is 0 Å². The van der Waals surface area contributed by atoms with E-state index in [1.165, 1.54) is 0 Å². The van der Waals surface area contributed by atoms with Gasteiger partial charge in [-0.1, -0.05) is 0 Å². The Labute approximate surface area is 103 Å². The Balaban J connectivity index is 2.82. The van der Waals surface area contributed by atoms with Crippen LogP contribution in [0.1, 0.15) is 12.0 Å². The lowest BCUT2D eigenvalue weighted by molar-refractivity contribution is 0.384. The lowest BCUT2D eigenvalue weighted by Crippen LogP contribution is -2.14. The first kappa shape index (κ1) is 13.6. The number of nitrogens with two attached hydrogens (primary N) is 1. The van der Waals surface area contributed by atoms with E-state index in [4.69, 9.17) is 15.2 Å². The van der Waals surface area contributed by atoms with Crippen molar-refractivity contribution in [1.82, 2.24) is 4.90 Å². The summed E-state index contributed by atoms with van der Waals surface area (Å²) >= 11 is 0. The van der Waals surface area contributed by atoms with Crippen molar-refractivity contribution in [3.8, 4) is 11.5 Å². The van der Waals surface area contributed by atoms with Crippen molar-refractivity contribution in [2.75, 3.05) is 40.6 Å². The molecule has 1 rings (SSSR count). The van der Waals surface area contributed by atoms with Crippen molar-refractivity contribution >= 4 is 5.69 Å². The Kier molecular flexibility index (Phi) is 5.10. The standard InChI is InChI=1S/C13H22N2O2/c1-15(2)7-5-6-11-12(14)8-10(16-3)9-13(11)17-4/h8-9H,5-7,14H2,1-4H3. The maximum atomic E-state index is 6.02. The Morgan fingerprint density at radius 3 is 2.41 bits per heavy atom. The third-order valence-electron chi connectivity index (χ3n) is 2.70. The van der Waals surface area contributed by atoms with Gasteiger partial charge in [-0.2, -0.15) is 0 Å². The Morgan fingerprint density at radius 1 is 1.18 bits per heavy atom. The van der Waals surface area contributed by atoms with Crippen molar-refractivity contribution in [2.45, 2.75) is 12.8 Å². The highest BCUT2D eigenvalue weighted by Crippen LogP contribution is 2.31. The molecule has 0 unspecified atom stereocenters. The number of hydrogen-bond donors (Lipinski definition) is 1. The average molecular weight is 238 g/mol. The van der Waals surface area contributed by atoms with Gasteiger partial charge in [0, 0.05) is 23.4 Å². The van der Waals surface area contributed by atoms with Gasteiger partial charge >= 0.3 is 0 Å². The van der Waals surface area contributed by atoms with Gasteiger partial charge in [0.2, 0.25) is 0 Å². The summed E-state index contributed by atoms with van der Waals surface area (Å²) in [5.74, 6) is 1.54. The molecule has 4 nitrogen and oxygen atoms in total. The maximum Gasteiger partial charge on any atom is 0.127 e. The average Bonchev–Trinajstić information content (AvgIpc) is 2.30. The molecule has 0 saturated heterocycles. The Morgan fingerprint density at radius 2 is 1.88 bits per heavy atom. The SMILES string of the molecule is COc1cc(N)c(CCCN(C)C)c(OC)c1. The molecule has 0 aliphatic heterocycles. The highest BCUT2D eigenvalue weighted by molar-refractivity contribution is 5.58. The van der Waals surface area contributed by atoms with E-state index in [1.807, 2.05) is 12.1 Å². The van der Waals surface area contributed by atoms with Crippen molar-refractivity contribution in [1.29, 1.82) is 0 Å². The fraction of sp³-hybridized carbons (Fsp3) is 0.538. The van der Waals surface area contributed by atoms with Gasteiger partial charge in [0.1, 0.15) is 11.5 Å². The number of nitrogens with zero attached hydrogens (tertiary/aromatic N) is 1. The zero-order valence-electron chi connectivity index (χ0n) is 11.1. The molecule has 4 heteroatoms. The van der Waals surface area contributed by atoms with Gasteiger partial charge in [0.15, 0.2) is 0 Å². The summed E-state index contributed by atoms with van der Waals surface area (Å²) in [6.45, 7) is 1.04. The minimum Gasteiger partial charge on any atom is -0.497 e. The van der Waals surface area contributed by atoms with Gasteiger partial charge in [-0.05, 0) is 33.5 Å². The lowest BCUT2D eigenvalue weighted by Gasteiger charge is -2.14. The molecule has 96 valence electrons. The predicted octanol–water partition coefficient (Wildman–Crippen LogP) is 1.78. The van der Waals surface area contributed by atoms with E-state index in [-0.39, 0.29) is 0 Å². The minimum atomic E-state index is 0.732. The zero-order chi connectivity index (χ0) is 12.8. The topological polar surface area (TPSA) is 47.7 Å². The second kappa shape index (κ2) is 6.35. The van der Waals surface area contributed by atoms with E-state index >= 15 is 0 Å². The smallest absolute Gasteiger partial charge is 0.127 e. The van der Waals surface area contributed by atoms with Crippen LogP contribution in [0.25, 0.3) is 0 Å². The van der Waals surface area contributed by atoms with Crippen LogP contribution in [0.2, 0.25) is 0 Å². The van der Waals surface area contributed by atoms with Crippen molar-refractivity contribution < 1.29 is 9.47 Å². The van der Waals surface area contributed by atoms with Gasteiger partial charge in [0.25, 0.3) is 0 Å². The molecule has 0 fully saturated rings. The molecule has 0 atom stereocenters. The van der Waals surface area contributed by atoms with Gasteiger partial charge in [-0.3, -0.25) is 0 Å². The van der Waals surface area contributed by atoms with Crippen molar-refractivity contribution in [3.05, 3.63) is 17.7 Å². The summed E-state index contributed by atoms with van der Waals surface area (Å²) in [5, 5.41) is 0. The summed E-state index contributed by atoms with van der Waals surface area (Å²) in [6.07, 6.45) is 1.97. The molecule has 17 heavy (non-hydrogen) atoms. The van der Waals surface area contributed by atoms with Crippen molar-refractivity contribution in [3.63, 3.8) is 0 Å². The van der Waals surface area contributed by atoms with Gasteiger partial charge in [-0.25, -0.2) is 0 Å². The largest absolute Gasteiger partial charge is 0.497 e. The van der Waals surface area contributed by atoms with Crippen LogP contribution in [0.15, 0.2) is 12.1 Å². The van der Waals surface area contributed by atoms with Crippen molar-refractivity contribution in [2.24, 2.45) is 0 Å². The van der Waals surface area contributed by atoms with E-state index < -0.39 is 0 Å². The number of rotatable bonds is 6. The summed E-state index contributed by atoms with van der Waals surface area (Å²) in [7, 11) is 7.41. The van der Waals surface area contributed by atoms with E-state index in [2.05, 4.69) is 19.0 Å². The fourth-order valence-electron chi connectivity index (χ4n) is 1.78. The monoisotopic (exact) mass is 238 g/mol. The molecule has 0 aromatic heterocycles. The first-order valence-corrected chi connectivity index (χ1v) is 5.73. The number of methoxy groups -OCH3 is 2. The molecule has 0 aliphatic rings. The summed E-state index contributed by atoms with van der Waals surface area (Å²) in [4.78, 5) is 2.16.